The number of rotatable bonds is 5. The minimum atomic E-state index is -0.264. The fourth-order valence-electron chi connectivity index (χ4n) is 4.61. The Balaban J connectivity index is 1.38. The summed E-state index contributed by atoms with van der Waals surface area (Å²) in [6.45, 7) is 5.39. The SMILES string of the molecule is Cc1nc(-c2ccccc2F)cc(N2CCN(C(c3ccccc3)c3ccccc3)CC2)n1. The molecule has 1 aromatic heterocycles. The van der Waals surface area contributed by atoms with Crippen molar-refractivity contribution < 1.29 is 4.39 Å². The van der Waals surface area contributed by atoms with Gasteiger partial charge < -0.3 is 4.90 Å². The second kappa shape index (κ2) is 9.51. The lowest BCUT2D eigenvalue weighted by atomic mass is 9.96. The van der Waals surface area contributed by atoms with E-state index in [0.717, 1.165) is 32.0 Å². The first kappa shape index (κ1) is 21.3. The van der Waals surface area contributed by atoms with Gasteiger partial charge in [-0.1, -0.05) is 72.8 Å². The van der Waals surface area contributed by atoms with E-state index in [-0.39, 0.29) is 11.9 Å². The summed E-state index contributed by atoms with van der Waals surface area (Å²) in [5, 5.41) is 0. The second-order valence-corrected chi connectivity index (χ2v) is 8.39. The predicted octanol–water partition coefficient (Wildman–Crippen LogP) is 5.50. The Morgan fingerprint density at radius 2 is 1.30 bits per heavy atom. The minimum absolute atomic E-state index is 0.218. The summed E-state index contributed by atoms with van der Waals surface area (Å²) in [6, 6.07) is 30.3. The Morgan fingerprint density at radius 3 is 1.91 bits per heavy atom. The van der Waals surface area contributed by atoms with Gasteiger partial charge in [-0.05, 0) is 30.2 Å². The van der Waals surface area contributed by atoms with Gasteiger partial charge in [0.15, 0.2) is 0 Å². The standard InChI is InChI=1S/C28H27FN4/c1-21-30-26(24-14-8-9-15-25(24)29)20-27(31-21)32-16-18-33(19-17-32)28(22-10-4-2-5-11-22)23-12-6-3-7-13-23/h2-15,20,28H,16-19H2,1H3. The Labute approximate surface area is 194 Å². The van der Waals surface area contributed by atoms with Crippen molar-refractivity contribution in [3.05, 3.63) is 114 Å². The zero-order chi connectivity index (χ0) is 22.6. The number of anilines is 1. The number of hydrogen-bond donors (Lipinski definition) is 0. The van der Waals surface area contributed by atoms with E-state index in [9.17, 15) is 4.39 Å². The van der Waals surface area contributed by atoms with Gasteiger partial charge in [0.05, 0.1) is 11.7 Å². The molecular formula is C28H27FN4. The van der Waals surface area contributed by atoms with Crippen LogP contribution in [0.4, 0.5) is 10.2 Å². The van der Waals surface area contributed by atoms with E-state index in [1.54, 1.807) is 12.1 Å². The molecule has 2 heterocycles. The predicted molar refractivity (Wildman–Crippen MR) is 131 cm³/mol. The molecule has 0 saturated carbocycles. The molecule has 0 N–H and O–H groups in total. The summed E-state index contributed by atoms with van der Waals surface area (Å²) in [5.74, 6) is 1.25. The molecule has 0 unspecified atom stereocenters. The van der Waals surface area contributed by atoms with E-state index in [1.807, 2.05) is 19.1 Å². The number of benzene rings is 3. The van der Waals surface area contributed by atoms with Crippen LogP contribution >= 0.6 is 0 Å². The van der Waals surface area contributed by atoms with E-state index >= 15 is 0 Å². The summed E-state index contributed by atoms with van der Waals surface area (Å²) in [6.07, 6.45) is 0. The summed E-state index contributed by atoms with van der Waals surface area (Å²) in [4.78, 5) is 14.0. The van der Waals surface area contributed by atoms with Crippen molar-refractivity contribution in [3.63, 3.8) is 0 Å². The highest BCUT2D eigenvalue weighted by molar-refractivity contribution is 5.63. The molecule has 0 spiro atoms. The van der Waals surface area contributed by atoms with Gasteiger partial charge in [-0.15, -0.1) is 0 Å². The maximum atomic E-state index is 14.4. The monoisotopic (exact) mass is 438 g/mol. The first-order chi connectivity index (χ1) is 16.2. The third kappa shape index (κ3) is 4.64. The van der Waals surface area contributed by atoms with Gasteiger partial charge in [-0.3, -0.25) is 4.90 Å². The van der Waals surface area contributed by atoms with Crippen molar-refractivity contribution in [2.24, 2.45) is 0 Å². The third-order valence-electron chi connectivity index (χ3n) is 6.21. The molecule has 1 aliphatic rings. The molecule has 3 aromatic carbocycles. The highest BCUT2D eigenvalue weighted by atomic mass is 19.1. The van der Waals surface area contributed by atoms with Crippen LogP contribution in [0.25, 0.3) is 11.3 Å². The van der Waals surface area contributed by atoms with Crippen LogP contribution in [0, 0.1) is 12.7 Å². The summed E-state index contributed by atoms with van der Waals surface area (Å²) in [7, 11) is 0. The van der Waals surface area contributed by atoms with Crippen LogP contribution in [0.2, 0.25) is 0 Å². The van der Waals surface area contributed by atoms with Crippen LogP contribution in [0.1, 0.15) is 23.0 Å². The highest BCUT2D eigenvalue weighted by Crippen LogP contribution is 2.31. The number of piperazine rings is 1. The lowest BCUT2D eigenvalue weighted by molar-refractivity contribution is 0.212. The first-order valence-corrected chi connectivity index (χ1v) is 11.4. The van der Waals surface area contributed by atoms with Gasteiger partial charge in [0, 0.05) is 37.8 Å². The van der Waals surface area contributed by atoms with Crippen molar-refractivity contribution in [2.75, 3.05) is 31.1 Å². The Kier molecular flexibility index (Phi) is 6.13. The van der Waals surface area contributed by atoms with Crippen molar-refractivity contribution >= 4 is 5.82 Å². The average Bonchev–Trinajstić information content (AvgIpc) is 2.86. The number of nitrogens with zero attached hydrogens (tertiary/aromatic N) is 4. The van der Waals surface area contributed by atoms with Gasteiger partial charge in [-0.2, -0.15) is 0 Å². The molecule has 1 fully saturated rings. The van der Waals surface area contributed by atoms with Crippen LogP contribution < -0.4 is 4.90 Å². The number of halogens is 1. The lowest BCUT2D eigenvalue weighted by Crippen LogP contribution is -2.48. The highest BCUT2D eigenvalue weighted by Gasteiger charge is 2.27. The van der Waals surface area contributed by atoms with Gasteiger partial charge >= 0.3 is 0 Å². The smallest absolute Gasteiger partial charge is 0.132 e. The molecule has 1 aliphatic heterocycles. The number of aryl methyl sites for hydroxylation is 1. The molecule has 4 aromatic rings. The minimum Gasteiger partial charge on any atom is -0.354 e. The first-order valence-electron chi connectivity index (χ1n) is 11.4. The molecule has 0 aliphatic carbocycles. The van der Waals surface area contributed by atoms with Gasteiger partial charge in [0.2, 0.25) is 0 Å². The Morgan fingerprint density at radius 1 is 0.727 bits per heavy atom. The summed E-state index contributed by atoms with van der Waals surface area (Å²) < 4.78 is 14.4. The molecule has 166 valence electrons. The van der Waals surface area contributed by atoms with Crippen LogP contribution in [0.15, 0.2) is 91.0 Å². The number of hydrogen-bond acceptors (Lipinski definition) is 4. The van der Waals surface area contributed by atoms with Gasteiger partial charge in [0.1, 0.15) is 17.5 Å². The maximum Gasteiger partial charge on any atom is 0.132 e. The molecular weight excluding hydrogens is 411 g/mol. The average molecular weight is 439 g/mol. The molecule has 0 atom stereocenters. The van der Waals surface area contributed by atoms with E-state index in [2.05, 4.69) is 80.4 Å². The Bertz CT molecular complexity index is 1170. The fourth-order valence-corrected chi connectivity index (χ4v) is 4.61. The molecule has 0 radical (unpaired) electrons. The topological polar surface area (TPSA) is 32.3 Å². The molecule has 4 nitrogen and oxygen atoms in total. The fraction of sp³-hybridized carbons (Fsp3) is 0.214. The Hall–Kier alpha value is -3.57. The summed E-state index contributed by atoms with van der Waals surface area (Å²) >= 11 is 0. The summed E-state index contributed by atoms with van der Waals surface area (Å²) in [5.41, 5.74) is 3.74. The van der Waals surface area contributed by atoms with E-state index < -0.39 is 0 Å². The van der Waals surface area contributed by atoms with E-state index in [1.165, 1.54) is 17.2 Å². The van der Waals surface area contributed by atoms with Crippen LogP contribution in [-0.4, -0.2) is 41.0 Å². The van der Waals surface area contributed by atoms with Gasteiger partial charge in [0.25, 0.3) is 0 Å². The molecule has 1 saturated heterocycles. The van der Waals surface area contributed by atoms with E-state index in [4.69, 9.17) is 0 Å². The molecule has 5 heteroatoms. The quantitative estimate of drug-likeness (QED) is 0.412. The van der Waals surface area contributed by atoms with Crippen LogP contribution in [0.3, 0.4) is 0 Å². The maximum absolute atomic E-state index is 14.4. The van der Waals surface area contributed by atoms with Crippen LogP contribution in [-0.2, 0) is 0 Å². The van der Waals surface area contributed by atoms with Crippen molar-refractivity contribution in [1.29, 1.82) is 0 Å². The molecule has 0 bridgehead atoms. The largest absolute Gasteiger partial charge is 0.354 e. The normalized spacial score (nSPS) is 14.6. The van der Waals surface area contributed by atoms with Crippen molar-refractivity contribution in [1.82, 2.24) is 14.9 Å². The van der Waals surface area contributed by atoms with E-state index in [0.29, 0.717) is 17.1 Å². The second-order valence-electron chi connectivity index (χ2n) is 8.39. The van der Waals surface area contributed by atoms with Crippen molar-refractivity contribution in [3.8, 4) is 11.3 Å². The molecule has 0 amide bonds. The van der Waals surface area contributed by atoms with Crippen molar-refractivity contribution in [2.45, 2.75) is 13.0 Å². The number of aromatic nitrogens is 2. The van der Waals surface area contributed by atoms with Gasteiger partial charge in [-0.25, -0.2) is 14.4 Å². The zero-order valence-corrected chi connectivity index (χ0v) is 18.7. The van der Waals surface area contributed by atoms with Crippen LogP contribution in [0.5, 0.6) is 0 Å². The molecule has 33 heavy (non-hydrogen) atoms. The third-order valence-corrected chi connectivity index (χ3v) is 6.21. The molecule has 5 rings (SSSR count). The zero-order valence-electron chi connectivity index (χ0n) is 18.7. The lowest BCUT2D eigenvalue weighted by Gasteiger charge is -2.40.